The standard InChI is InChI=1S/C11H19N3/c1-7(6-12-5)11-8(2)13-10(4)14-9(11)3/h7,12H,6H2,1-5H3. The molecule has 0 aliphatic carbocycles. The first-order valence-electron chi connectivity index (χ1n) is 5.02. The summed E-state index contributed by atoms with van der Waals surface area (Å²) in [5.74, 6) is 1.33. The Hall–Kier alpha value is -0.960. The highest BCUT2D eigenvalue weighted by Crippen LogP contribution is 2.20. The number of rotatable bonds is 3. The van der Waals surface area contributed by atoms with Crippen LogP contribution in [-0.2, 0) is 0 Å². The molecule has 3 nitrogen and oxygen atoms in total. The number of aromatic nitrogens is 2. The van der Waals surface area contributed by atoms with E-state index in [0.29, 0.717) is 5.92 Å². The molecule has 1 N–H and O–H groups in total. The largest absolute Gasteiger partial charge is 0.319 e. The SMILES string of the molecule is CNCC(C)c1c(C)nc(C)nc1C. The van der Waals surface area contributed by atoms with Crippen molar-refractivity contribution >= 4 is 0 Å². The molecule has 14 heavy (non-hydrogen) atoms. The lowest BCUT2D eigenvalue weighted by molar-refractivity contribution is 0.660. The van der Waals surface area contributed by atoms with Crippen LogP contribution in [0.5, 0.6) is 0 Å². The topological polar surface area (TPSA) is 37.8 Å². The van der Waals surface area contributed by atoms with Crippen LogP contribution in [0.1, 0.15) is 35.6 Å². The average molecular weight is 193 g/mol. The second-order valence-electron chi connectivity index (χ2n) is 3.81. The Balaban J connectivity index is 3.07. The molecule has 1 aromatic rings. The van der Waals surface area contributed by atoms with Crippen LogP contribution in [0, 0.1) is 20.8 Å². The van der Waals surface area contributed by atoms with Crippen molar-refractivity contribution in [2.24, 2.45) is 0 Å². The minimum absolute atomic E-state index is 0.473. The van der Waals surface area contributed by atoms with Crippen molar-refractivity contribution < 1.29 is 0 Å². The highest BCUT2D eigenvalue weighted by atomic mass is 14.9. The summed E-state index contributed by atoms with van der Waals surface area (Å²) in [7, 11) is 1.97. The summed E-state index contributed by atoms with van der Waals surface area (Å²) < 4.78 is 0. The Morgan fingerprint density at radius 2 is 1.64 bits per heavy atom. The van der Waals surface area contributed by atoms with Crippen LogP contribution in [0.25, 0.3) is 0 Å². The quantitative estimate of drug-likeness (QED) is 0.794. The molecular formula is C11H19N3. The van der Waals surface area contributed by atoms with E-state index in [0.717, 1.165) is 23.8 Å². The molecule has 0 radical (unpaired) electrons. The zero-order valence-corrected chi connectivity index (χ0v) is 9.68. The molecule has 0 bridgehead atoms. The predicted molar refractivity (Wildman–Crippen MR) is 58.6 cm³/mol. The molecule has 0 saturated heterocycles. The third kappa shape index (κ3) is 2.29. The van der Waals surface area contributed by atoms with E-state index in [1.165, 1.54) is 5.56 Å². The van der Waals surface area contributed by atoms with Crippen molar-refractivity contribution in [3.63, 3.8) is 0 Å². The van der Waals surface area contributed by atoms with Gasteiger partial charge >= 0.3 is 0 Å². The number of aryl methyl sites for hydroxylation is 3. The van der Waals surface area contributed by atoms with Gasteiger partial charge in [0.25, 0.3) is 0 Å². The van der Waals surface area contributed by atoms with Crippen LogP contribution in [-0.4, -0.2) is 23.6 Å². The Kier molecular flexibility index (Phi) is 3.58. The molecule has 0 fully saturated rings. The van der Waals surface area contributed by atoms with Gasteiger partial charge in [-0.2, -0.15) is 0 Å². The first kappa shape index (κ1) is 11.1. The van der Waals surface area contributed by atoms with E-state index in [1.807, 2.05) is 14.0 Å². The third-order valence-corrected chi connectivity index (χ3v) is 2.44. The fourth-order valence-electron chi connectivity index (χ4n) is 2.01. The van der Waals surface area contributed by atoms with Crippen LogP contribution in [0.15, 0.2) is 0 Å². The fourth-order valence-corrected chi connectivity index (χ4v) is 2.01. The van der Waals surface area contributed by atoms with Gasteiger partial charge in [0.05, 0.1) is 0 Å². The van der Waals surface area contributed by atoms with Gasteiger partial charge in [-0.25, -0.2) is 9.97 Å². The Morgan fingerprint density at radius 3 is 2.07 bits per heavy atom. The highest BCUT2D eigenvalue weighted by molar-refractivity contribution is 5.28. The smallest absolute Gasteiger partial charge is 0.125 e. The summed E-state index contributed by atoms with van der Waals surface area (Å²) in [4.78, 5) is 8.80. The van der Waals surface area contributed by atoms with Gasteiger partial charge < -0.3 is 5.32 Å². The number of nitrogens with zero attached hydrogens (tertiary/aromatic N) is 2. The molecule has 0 amide bonds. The van der Waals surface area contributed by atoms with Crippen molar-refractivity contribution in [3.8, 4) is 0 Å². The maximum Gasteiger partial charge on any atom is 0.125 e. The normalized spacial score (nSPS) is 12.9. The Morgan fingerprint density at radius 1 is 1.14 bits per heavy atom. The zero-order valence-electron chi connectivity index (χ0n) is 9.68. The van der Waals surface area contributed by atoms with E-state index >= 15 is 0 Å². The van der Waals surface area contributed by atoms with E-state index in [1.54, 1.807) is 0 Å². The molecule has 0 aliphatic heterocycles. The lowest BCUT2D eigenvalue weighted by atomic mass is 9.98. The lowest BCUT2D eigenvalue weighted by Crippen LogP contribution is -2.17. The fraction of sp³-hybridized carbons (Fsp3) is 0.636. The molecule has 1 rings (SSSR count). The van der Waals surface area contributed by atoms with E-state index in [2.05, 4.69) is 36.1 Å². The maximum atomic E-state index is 4.40. The molecule has 1 heterocycles. The Labute approximate surface area is 86.0 Å². The van der Waals surface area contributed by atoms with Gasteiger partial charge in [0.1, 0.15) is 5.82 Å². The molecule has 0 aliphatic rings. The summed E-state index contributed by atoms with van der Waals surface area (Å²) in [5, 5.41) is 3.18. The van der Waals surface area contributed by atoms with Crippen molar-refractivity contribution in [2.75, 3.05) is 13.6 Å². The molecule has 0 spiro atoms. The average Bonchev–Trinajstić information content (AvgIpc) is 2.01. The second kappa shape index (κ2) is 4.51. The summed E-state index contributed by atoms with van der Waals surface area (Å²) in [6.07, 6.45) is 0. The van der Waals surface area contributed by atoms with Gasteiger partial charge in [0.15, 0.2) is 0 Å². The van der Waals surface area contributed by atoms with E-state index in [-0.39, 0.29) is 0 Å². The molecule has 3 heteroatoms. The van der Waals surface area contributed by atoms with Crippen LogP contribution in [0.4, 0.5) is 0 Å². The van der Waals surface area contributed by atoms with Crippen LogP contribution < -0.4 is 5.32 Å². The Bertz CT molecular complexity index is 297. The third-order valence-electron chi connectivity index (χ3n) is 2.44. The molecule has 78 valence electrons. The molecular weight excluding hydrogens is 174 g/mol. The van der Waals surface area contributed by atoms with Gasteiger partial charge in [-0.1, -0.05) is 6.92 Å². The molecule has 0 saturated carbocycles. The first-order chi connectivity index (χ1) is 6.56. The van der Waals surface area contributed by atoms with Gasteiger partial charge in [-0.15, -0.1) is 0 Å². The van der Waals surface area contributed by atoms with Crippen LogP contribution in [0.3, 0.4) is 0 Å². The first-order valence-corrected chi connectivity index (χ1v) is 5.02. The monoisotopic (exact) mass is 193 g/mol. The van der Waals surface area contributed by atoms with Crippen molar-refractivity contribution in [3.05, 3.63) is 22.8 Å². The summed E-state index contributed by atoms with van der Waals surface area (Å²) >= 11 is 0. The molecule has 1 atom stereocenters. The molecule has 1 aromatic heterocycles. The number of hydrogen-bond acceptors (Lipinski definition) is 3. The predicted octanol–water partition coefficient (Wildman–Crippen LogP) is 1.72. The van der Waals surface area contributed by atoms with E-state index in [9.17, 15) is 0 Å². The minimum atomic E-state index is 0.473. The van der Waals surface area contributed by atoms with Crippen LogP contribution in [0.2, 0.25) is 0 Å². The lowest BCUT2D eigenvalue weighted by Gasteiger charge is -2.16. The van der Waals surface area contributed by atoms with Gasteiger partial charge in [0.2, 0.25) is 0 Å². The number of hydrogen-bond donors (Lipinski definition) is 1. The minimum Gasteiger partial charge on any atom is -0.319 e. The summed E-state index contributed by atoms with van der Waals surface area (Å²) in [5.41, 5.74) is 3.50. The summed E-state index contributed by atoms with van der Waals surface area (Å²) in [6.45, 7) is 9.22. The van der Waals surface area contributed by atoms with Crippen molar-refractivity contribution in [1.82, 2.24) is 15.3 Å². The van der Waals surface area contributed by atoms with Crippen molar-refractivity contribution in [1.29, 1.82) is 0 Å². The number of nitrogens with one attached hydrogen (secondary N) is 1. The maximum absolute atomic E-state index is 4.40. The van der Waals surface area contributed by atoms with Crippen molar-refractivity contribution in [2.45, 2.75) is 33.6 Å². The highest BCUT2D eigenvalue weighted by Gasteiger charge is 2.13. The van der Waals surface area contributed by atoms with Gasteiger partial charge in [-0.3, -0.25) is 0 Å². The van der Waals surface area contributed by atoms with Gasteiger partial charge in [0, 0.05) is 17.9 Å². The zero-order chi connectivity index (χ0) is 10.7. The summed E-state index contributed by atoms with van der Waals surface area (Å²) in [6, 6.07) is 0. The molecule has 0 aromatic carbocycles. The molecule has 1 unspecified atom stereocenters. The van der Waals surface area contributed by atoms with Crippen LogP contribution >= 0.6 is 0 Å². The van der Waals surface area contributed by atoms with Gasteiger partial charge in [-0.05, 0) is 39.3 Å². The van der Waals surface area contributed by atoms with E-state index in [4.69, 9.17) is 0 Å². The number of likely N-dealkylation sites (N-methyl/N-ethyl adjacent to an activating group) is 1. The second-order valence-corrected chi connectivity index (χ2v) is 3.81. The van der Waals surface area contributed by atoms with E-state index < -0.39 is 0 Å².